The molecular formula is C11H12FNO4. The first-order valence-corrected chi connectivity index (χ1v) is 4.92. The number of aromatic nitrogens is 1. The Labute approximate surface area is 97.2 Å². The van der Waals surface area contributed by atoms with Crippen molar-refractivity contribution >= 4 is 11.9 Å². The van der Waals surface area contributed by atoms with Gasteiger partial charge in [-0.2, -0.15) is 0 Å². The molecule has 0 aromatic carbocycles. The molecule has 17 heavy (non-hydrogen) atoms. The Morgan fingerprint density at radius 3 is 2.71 bits per heavy atom. The third-order valence-corrected chi connectivity index (χ3v) is 2.26. The van der Waals surface area contributed by atoms with Gasteiger partial charge in [0.1, 0.15) is 5.82 Å². The average molecular weight is 241 g/mol. The fraction of sp³-hybridized carbons (Fsp3) is 0.364. The molecule has 1 unspecified atom stereocenters. The summed E-state index contributed by atoms with van der Waals surface area (Å²) in [5.41, 5.74) is 0.373. The third kappa shape index (κ3) is 4.18. The van der Waals surface area contributed by atoms with Gasteiger partial charge in [-0.15, -0.1) is 0 Å². The molecule has 0 amide bonds. The van der Waals surface area contributed by atoms with Crippen molar-refractivity contribution in [3.63, 3.8) is 0 Å². The fourth-order valence-corrected chi connectivity index (χ4v) is 1.45. The van der Waals surface area contributed by atoms with Crippen molar-refractivity contribution in [2.24, 2.45) is 0 Å². The normalized spacial score (nSPS) is 11.9. The lowest BCUT2D eigenvalue weighted by molar-refractivity contribution is -0.141. The molecule has 1 rings (SSSR count). The molecule has 1 heterocycles. The molecule has 0 aliphatic carbocycles. The number of hydrogen-bond acceptors (Lipinski definition) is 4. The Kier molecular flexibility index (Phi) is 4.56. The summed E-state index contributed by atoms with van der Waals surface area (Å²) in [4.78, 5) is 25.4. The highest BCUT2D eigenvalue weighted by molar-refractivity contribution is 5.73. The van der Waals surface area contributed by atoms with E-state index in [0.717, 1.165) is 6.20 Å². The maximum absolute atomic E-state index is 13.0. The highest BCUT2D eigenvalue weighted by atomic mass is 19.1. The topological polar surface area (TPSA) is 76.5 Å². The molecule has 0 bridgehead atoms. The first-order valence-electron chi connectivity index (χ1n) is 4.92. The molecule has 6 heteroatoms. The number of hydrogen-bond donors (Lipinski definition) is 1. The van der Waals surface area contributed by atoms with Crippen LogP contribution in [0.5, 0.6) is 0 Å². The minimum atomic E-state index is -1.07. The summed E-state index contributed by atoms with van der Waals surface area (Å²) >= 11 is 0. The van der Waals surface area contributed by atoms with E-state index >= 15 is 0 Å². The van der Waals surface area contributed by atoms with Gasteiger partial charge in [-0.3, -0.25) is 14.6 Å². The van der Waals surface area contributed by atoms with Crippen LogP contribution in [0, 0.1) is 5.82 Å². The first kappa shape index (κ1) is 13.1. The monoisotopic (exact) mass is 241 g/mol. The number of carbonyl (C=O) groups is 2. The van der Waals surface area contributed by atoms with E-state index in [1.54, 1.807) is 0 Å². The van der Waals surface area contributed by atoms with Gasteiger partial charge < -0.3 is 9.84 Å². The lowest BCUT2D eigenvalue weighted by Crippen LogP contribution is -2.13. The third-order valence-electron chi connectivity index (χ3n) is 2.26. The number of methoxy groups -OCH3 is 1. The predicted molar refractivity (Wildman–Crippen MR) is 55.8 cm³/mol. The van der Waals surface area contributed by atoms with Gasteiger partial charge in [-0.1, -0.05) is 0 Å². The summed E-state index contributed by atoms with van der Waals surface area (Å²) in [5.74, 6) is -2.81. The molecule has 0 aliphatic rings. The maximum atomic E-state index is 13.0. The molecule has 5 nitrogen and oxygen atoms in total. The molecule has 1 aromatic heterocycles. The zero-order valence-electron chi connectivity index (χ0n) is 9.22. The minimum absolute atomic E-state index is 0.117. The molecule has 1 atom stereocenters. The van der Waals surface area contributed by atoms with E-state index in [0.29, 0.717) is 5.56 Å². The molecular weight excluding hydrogens is 229 g/mol. The van der Waals surface area contributed by atoms with Crippen LogP contribution in [0.4, 0.5) is 4.39 Å². The van der Waals surface area contributed by atoms with Crippen LogP contribution in [0.2, 0.25) is 0 Å². The van der Waals surface area contributed by atoms with Crippen molar-refractivity contribution in [3.05, 3.63) is 29.8 Å². The average Bonchev–Trinajstić information content (AvgIpc) is 2.27. The number of rotatable bonds is 5. The van der Waals surface area contributed by atoms with Gasteiger partial charge in [-0.05, 0) is 11.6 Å². The Hall–Kier alpha value is -1.98. The zero-order valence-corrected chi connectivity index (χ0v) is 9.22. The van der Waals surface area contributed by atoms with E-state index in [2.05, 4.69) is 9.72 Å². The molecule has 0 saturated carbocycles. The van der Waals surface area contributed by atoms with E-state index in [4.69, 9.17) is 5.11 Å². The maximum Gasteiger partial charge on any atom is 0.306 e. The molecule has 0 fully saturated rings. The van der Waals surface area contributed by atoms with Crippen molar-refractivity contribution in [2.45, 2.75) is 18.8 Å². The molecule has 0 radical (unpaired) electrons. The van der Waals surface area contributed by atoms with Crippen molar-refractivity contribution in [1.29, 1.82) is 0 Å². The predicted octanol–water partition coefficient (Wildman–Crippen LogP) is 1.34. The van der Waals surface area contributed by atoms with Crippen LogP contribution < -0.4 is 0 Å². The summed E-state index contributed by atoms with van der Waals surface area (Å²) < 4.78 is 17.4. The summed E-state index contributed by atoms with van der Waals surface area (Å²) in [7, 11) is 1.21. The van der Waals surface area contributed by atoms with Crippen LogP contribution in [-0.2, 0) is 14.3 Å². The van der Waals surface area contributed by atoms with Crippen LogP contribution in [0.25, 0.3) is 0 Å². The van der Waals surface area contributed by atoms with E-state index in [1.165, 1.54) is 19.4 Å². The Bertz CT molecular complexity index is 422. The highest BCUT2D eigenvalue weighted by Gasteiger charge is 2.20. The summed E-state index contributed by atoms with van der Waals surface area (Å²) in [5, 5.41) is 8.73. The van der Waals surface area contributed by atoms with Crippen LogP contribution in [0.1, 0.15) is 24.3 Å². The SMILES string of the molecule is COC(=O)CC(CC(=O)O)c1cncc(F)c1. The van der Waals surface area contributed by atoms with Crippen molar-refractivity contribution < 1.29 is 23.8 Å². The van der Waals surface area contributed by atoms with Gasteiger partial charge in [0.05, 0.1) is 26.1 Å². The second kappa shape index (κ2) is 5.93. The number of ether oxygens (including phenoxy) is 1. The number of esters is 1. The van der Waals surface area contributed by atoms with Gasteiger partial charge in [-0.25, -0.2) is 4.39 Å². The summed E-state index contributed by atoms with van der Waals surface area (Å²) in [6.07, 6.45) is 1.97. The summed E-state index contributed by atoms with van der Waals surface area (Å²) in [6, 6.07) is 1.17. The number of carbonyl (C=O) groups excluding carboxylic acids is 1. The molecule has 92 valence electrons. The Balaban J connectivity index is 2.89. The van der Waals surface area contributed by atoms with Gasteiger partial charge in [0.25, 0.3) is 0 Å². The molecule has 1 aromatic rings. The molecule has 1 N–H and O–H groups in total. The summed E-state index contributed by atoms with van der Waals surface area (Å²) in [6.45, 7) is 0. The number of aliphatic carboxylic acids is 1. The van der Waals surface area contributed by atoms with E-state index in [-0.39, 0.29) is 12.8 Å². The number of pyridine rings is 1. The molecule has 0 spiro atoms. The van der Waals surface area contributed by atoms with Crippen LogP contribution in [0.15, 0.2) is 18.5 Å². The number of carboxylic acids is 1. The lowest BCUT2D eigenvalue weighted by atomic mass is 9.94. The number of nitrogens with zero attached hydrogens (tertiary/aromatic N) is 1. The number of halogens is 1. The Morgan fingerprint density at radius 2 is 2.18 bits per heavy atom. The number of carboxylic acid groups (broad SMARTS) is 1. The van der Waals surface area contributed by atoms with Gasteiger partial charge >= 0.3 is 11.9 Å². The van der Waals surface area contributed by atoms with Crippen molar-refractivity contribution in [2.75, 3.05) is 7.11 Å². The van der Waals surface area contributed by atoms with Gasteiger partial charge in [0.15, 0.2) is 0 Å². The quantitative estimate of drug-likeness (QED) is 0.787. The van der Waals surface area contributed by atoms with Crippen LogP contribution in [-0.4, -0.2) is 29.1 Å². The molecule has 0 aliphatic heterocycles. The Morgan fingerprint density at radius 1 is 1.47 bits per heavy atom. The second-order valence-electron chi connectivity index (χ2n) is 3.51. The van der Waals surface area contributed by atoms with E-state index in [9.17, 15) is 14.0 Å². The van der Waals surface area contributed by atoms with Crippen LogP contribution in [0.3, 0.4) is 0 Å². The first-order chi connectivity index (χ1) is 8.02. The van der Waals surface area contributed by atoms with Gasteiger partial charge in [0.2, 0.25) is 0 Å². The van der Waals surface area contributed by atoms with E-state index < -0.39 is 23.7 Å². The van der Waals surface area contributed by atoms with E-state index in [1.807, 2.05) is 0 Å². The van der Waals surface area contributed by atoms with Crippen LogP contribution >= 0.6 is 0 Å². The highest BCUT2D eigenvalue weighted by Crippen LogP contribution is 2.23. The minimum Gasteiger partial charge on any atom is -0.481 e. The van der Waals surface area contributed by atoms with Crippen molar-refractivity contribution in [1.82, 2.24) is 4.98 Å². The molecule has 0 saturated heterocycles. The lowest BCUT2D eigenvalue weighted by Gasteiger charge is -2.13. The van der Waals surface area contributed by atoms with Crippen molar-refractivity contribution in [3.8, 4) is 0 Å². The van der Waals surface area contributed by atoms with Gasteiger partial charge in [0, 0.05) is 12.1 Å². The zero-order chi connectivity index (χ0) is 12.8. The standard InChI is InChI=1S/C11H12FNO4/c1-17-11(16)4-7(3-10(14)15)8-2-9(12)6-13-5-8/h2,5-7H,3-4H2,1H3,(H,14,15). The fourth-order valence-electron chi connectivity index (χ4n) is 1.45. The smallest absolute Gasteiger partial charge is 0.306 e. The largest absolute Gasteiger partial charge is 0.481 e. The second-order valence-corrected chi connectivity index (χ2v) is 3.51.